The number of hydrogen-bond donors (Lipinski definition) is 2. The lowest BCUT2D eigenvalue weighted by molar-refractivity contribution is 0.0980. The van der Waals surface area contributed by atoms with Crippen molar-refractivity contribution in [1.29, 1.82) is 0 Å². The van der Waals surface area contributed by atoms with E-state index < -0.39 is 0 Å². The number of rotatable bonds is 8. The highest BCUT2D eigenvalue weighted by molar-refractivity contribution is 7.97. The van der Waals surface area contributed by atoms with Gasteiger partial charge in [-0.1, -0.05) is 29.6 Å². The number of fused-ring (bicyclic) bond motifs is 2. The van der Waals surface area contributed by atoms with E-state index in [1.54, 1.807) is 18.4 Å². The lowest BCUT2D eigenvalue weighted by Gasteiger charge is -2.26. The zero-order valence-corrected chi connectivity index (χ0v) is 25.5. The summed E-state index contributed by atoms with van der Waals surface area (Å²) in [6.07, 6.45) is 5.78. The van der Waals surface area contributed by atoms with Crippen molar-refractivity contribution in [3.05, 3.63) is 74.6 Å². The number of nitrogens with one attached hydrogen (secondary N) is 2. The maximum atomic E-state index is 14.1. The first-order valence-electron chi connectivity index (χ1n) is 14.3. The zero-order valence-electron chi connectivity index (χ0n) is 24.0. The number of halogens is 1. The molecule has 3 aliphatic rings. The standard InChI is InChI=1S/C30H33ClN8O2S/c1-15-11-18(16(2)32-23-7-8-24(31)33-27(23)28(40)36-42-4)26-19(12-15)29(41)39(17-5-6-17)30(34-26)38-13-20-21(14-38)25(20)22-9-10-37(3)35-22/h7-12,16-17,20-21,25,32H,5-6,13-14H2,1-4H3,(H,36,40). The van der Waals surface area contributed by atoms with Crippen molar-refractivity contribution in [2.75, 3.05) is 29.6 Å². The van der Waals surface area contributed by atoms with E-state index >= 15 is 0 Å². The van der Waals surface area contributed by atoms with Gasteiger partial charge in [0.15, 0.2) is 5.69 Å². The second-order valence-corrected chi connectivity index (χ2v) is 12.8. The molecule has 12 heteroatoms. The Labute approximate surface area is 253 Å². The Morgan fingerprint density at radius 1 is 1.14 bits per heavy atom. The molecule has 7 rings (SSSR count). The minimum atomic E-state index is -0.335. The van der Waals surface area contributed by atoms with Crippen LogP contribution in [-0.4, -0.2) is 49.6 Å². The fraction of sp³-hybridized carbons (Fsp3) is 0.433. The van der Waals surface area contributed by atoms with Crippen LogP contribution in [0.25, 0.3) is 10.9 Å². The molecule has 2 saturated carbocycles. The maximum Gasteiger partial charge on any atom is 0.281 e. The number of carbonyl (C=O) groups excluding carboxylic acids is 1. The molecule has 4 heterocycles. The van der Waals surface area contributed by atoms with Crippen LogP contribution in [0.5, 0.6) is 0 Å². The molecule has 3 aromatic heterocycles. The van der Waals surface area contributed by atoms with Crippen molar-refractivity contribution < 1.29 is 4.79 Å². The molecule has 1 aliphatic heterocycles. The first kappa shape index (κ1) is 27.3. The van der Waals surface area contributed by atoms with Crippen molar-refractivity contribution >= 4 is 52.0 Å². The summed E-state index contributed by atoms with van der Waals surface area (Å²) in [4.78, 5) is 38.7. The van der Waals surface area contributed by atoms with Gasteiger partial charge in [0, 0.05) is 50.1 Å². The highest BCUT2D eigenvalue weighted by Crippen LogP contribution is 2.58. The molecule has 0 radical (unpaired) electrons. The smallest absolute Gasteiger partial charge is 0.281 e. The van der Waals surface area contributed by atoms with Crippen LogP contribution in [-0.2, 0) is 7.05 Å². The average molecular weight is 605 g/mol. The molecule has 2 N–H and O–H groups in total. The molecule has 42 heavy (non-hydrogen) atoms. The van der Waals surface area contributed by atoms with Gasteiger partial charge < -0.3 is 10.2 Å². The average Bonchev–Trinajstić information content (AvgIpc) is 3.83. The van der Waals surface area contributed by atoms with Crippen LogP contribution in [0.4, 0.5) is 11.6 Å². The molecule has 2 aliphatic carbocycles. The summed E-state index contributed by atoms with van der Waals surface area (Å²) in [5, 5.41) is 8.96. The summed E-state index contributed by atoms with van der Waals surface area (Å²) < 4.78 is 6.53. The van der Waals surface area contributed by atoms with Crippen molar-refractivity contribution in [3.63, 3.8) is 0 Å². The summed E-state index contributed by atoms with van der Waals surface area (Å²) in [7, 11) is 1.96. The molecule has 218 valence electrons. The van der Waals surface area contributed by atoms with Gasteiger partial charge in [0.2, 0.25) is 5.95 Å². The number of nitrogens with zero attached hydrogens (tertiary/aromatic N) is 6. The first-order chi connectivity index (χ1) is 20.2. The van der Waals surface area contributed by atoms with E-state index in [-0.39, 0.29) is 34.4 Å². The molecular formula is C30H33ClN8O2S. The molecule has 0 spiro atoms. The van der Waals surface area contributed by atoms with Crippen LogP contribution in [0.1, 0.15) is 65.1 Å². The van der Waals surface area contributed by atoms with Crippen molar-refractivity contribution in [1.82, 2.24) is 29.0 Å². The van der Waals surface area contributed by atoms with E-state index in [2.05, 4.69) is 37.2 Å². The van der Waals surface area contributed by atoms with Gasteiger partial charge in [-0.2, -0.15) is 5.10 Å². The predicted molar refractivity (Wildman–Crippen MR) is 166 cm³/mol. The Bertz CT molecular complexity index is 1770. The van der Waals surface area contributed by atoms with Crippen molar-refractivity contribution in [3.8, 4) is 0 Å². The third-order valence-corrected chi connectivity index (χ3v) is 9.33. The number of hydrogen-bond acceptors (Lipinski definition) is 8. The number of anilines is 2. The Morgan fingerprint density at radius 2 is 1.90 bits per heavy atom. The molecule has 1 aromatic carbocycles. The third-order valence-electron chi connectivity index (χ3n) is 8.73. The number of pyridine rings is 1. The van der Waals surface area contributed by atoms with Gasteiger partial charge in [-0.15, -0.1) is 0 Å². The lowest BCUT2D eigenvalue weighted by atomic mass is 10.0. The van der Waals surface area contributed by atoms with E-state index in [1.807, 2.05) is 42.4 Å². The zero-order chi connectivity index (χ0) is 29.3. The van der Waals surface area contributed by atoms with Crippen LogP contribution in [0.3, 0.4) is 0 Å². The highest BCUT2D eigenvalue weighted by Gasteiger charge is 2.58. The highest BCUT2D eigenvalue weighted by atomic mass is 35.5. The Balaban J connectivity index is 1.25. The molecule has 10 nitrogen and oxygen atoms in total. The molecule has 3 atom stereocenters. The fourth-order valence-corrected chi connectivity index (χ4v) is 7.03. The second-order valence-electron chi connectivity index (χ2n) is 11.8. The number of carbonyl (C=O) groups is 1. The minimum Gasteiger partial charge on any atom is -0.377 e. The van der Waals surface area contributed by atoms with Crippen LogP contribution in [0.2, 0.25) is 5.15 Å². The molecule has 3 fully saturated rings. The number of aryl methyl sites for hydroxylation is 2. The number of amides is 1. The van der Waals surface area contributed by atoms with Gasteiger partial charge >= 0.3 is 0 Å². The summed E-state index contributed by atoms with van der Waals surface area (Å²) in [6, 6.07) is 9.48. The summed E-state index contributed by atoms with van der Waals surface area (Å²) in [5.41, 5.74) is 4.52. The maximum absolute atomic E-state index is 14.1. The molecule has 1 amide bonds. The molecule has 4 aromatic rings. The monoisotopic (exact) mass is 604 g/mol. The number of piperidine rings is 1. The van der Waals surface area contributed by atoms with E-state index in [1.165, 1.54) is 11.9 Å². The fourth-order valence-electron chi connectivity index (χ4n) is 6.60. The Morgan fingerprint density at radius 3 is 2.57 bits per heavy atom. The molecule has 1 saturated heterocycles. The molecular weight excluding hydrogens is 572 g/mol. The minimum absolute atomic E-state index is 0.0182. The molecule has 3 unspecified atom stereocenters. The van der Waals surface area contributed by atoms with Gasteiger partial charge in [-0.05, 0) is 68.4 Å². The van der Waals surface area contributed by atoms with Crippen molar-refractivity contribution in [2.24, 2.45) is 18.9 Å². The van der Waals surface area contributed by atoms with Gasteiger partial charge in [0.1, 0.15) is 5.15 Å². The van der Waals surface area contributed by atoms with Crippen LogP contribution < -0.4 is 20.5 Å². The van der Waals surface area contributed by atoms with Gasteiger partial charge in [-0.25, -0.2) is 9.97 Å². The molecule has 0 bridgehead atoms. The normalized spacial score (nSPS) is 21.8. The van der Waals surface area contributed by atoms with E-state index in [9.17, 15) is 9.59 Å². The summed E-state index contributed by atoms with van der Waals surface area (Å²) in [5.74, 6) is 1.98. The predicted octanol–water partition coefficient (Wildman–Crippen LogP) is 4.85. The van der Waals surface area contributed by atoms with E-state index in [0.717, 1.165) is 48.7 Å². The quantitative estimate of drug-likeness (QED) is 0.217. The van der Waals surface area contributed by atoms with E-state index in [0.29, 0.717) is 34.3 Å². The summed E-state index contributed by atoms with van der Waals surface area (Å²) >= 11 is 7.33. The second kappa shape index (κ2) is 10.3. The van der Waals surface area contributed by atoms with Crippen LogP contribution in [0, 0.1) is 18.8 Å². The first-order valence-corrected chi connectivity index (χ1v) is 15.9. The number of aromatic nitrogens is 5. The third kappa shape index (κ3) is 4.72. The number of benzene rings is 1. The summed E-state index contributed by atoms with van der Waals surface area (Å²) in [6.45, 7) is 5.75. The van der Waals surface area contributed by atoms with Gasteiger partial charge in [-0.3, -0.25) is 23.6 Å². The van der Waals surface area contributed by atoms with Gasteiger partial charge in [0.05, 0.1) is 28.3 Å². The largest absolute Gasteiger partial charge is 0.377 e. The topological polar surface area (TPSA) is 110 Å². The van der Waals surface area contributed by atoms with Gasteiger partial charge in [0.25, 0.3) is 11.5 Å². The van der Waals surface area contributed by atoms with E-state index in [4.69, 9.17) is 16.6 Å². The van der Waals surface area contributed by atoms with Crippen molar-refractivity contribution in [2.45, 2.75) is 44.7 Å². The lowest BCUT2D eigenvalue weighted by Crippen LogP contribution is -2.33. The van der Waals surface area contributed by atoms with Crippen LogP contribution in [0.15, 0.2) is 41.3 Å². The van der Waals surface area contributed by atoms with Crippen LogP contribution >= 0.6 is 23.5 Å². The Hall–Kier alpha value is -3.57. The Kier molecular flexibility index (Phi) is 6.69. The SMILES string of the molecule is CSNC(=O)c1nc(Cl)ccc1NC(C)c1cc(C)cc2c(=O)n(C3CC3)c(N3CC4C(C3)C4c3ccn(C)n3)nc12.